The van der Waals surface area contributed by atoms with Gasteiger partial charge in [-0.25, -0.2) is 0 Å². The molecule has 0 saturated carbocycles. The van der Waals surface area contributed by atoms with Gasteiger partial charge in [0.05, 0.1) is 12.2 Å². The summed E-state index contributed by atoms with van der Waals surface area (Å²) in [4.78, 5) is 15.7. The van der Waals surface area contributed by atoms with Gasteiger partial charge in [0.25, 0.3) is 0 Å². The fraction of sp³-hybridized carbons (Fsp3) is 0.538. The van der Waals surface area contributed by atoms with Gasteiger partial charge in [-0.1, -0.05) is 19.9 Å². The zero-order valence-corrected chi connectivity index (χ0v) is 10.7. The topological polar surface area (TPSA) is 54.0 Å². The molecule has 0 unspecified atom stereocenters. The summed E-state index contributed by atoms with van der Waals surface area (Å²) in [5.41, 5.74) is 0.948. The molecule has 1 heterocycles. The molecule has 1 aromatic heterocycles. The number of nitrogens with one attached hydrogen (secondary N) is 2. The van der Waals surface area contributed by atoms with Crippen molar-refractivity contribution >= 4 is 5.91 Å². The van der Waals surface area contributed by atoms with Crippen LogP contribution in [0.15, 0.2) is 24.4 Å². The van der Waals surface area contributed by atoms with Crippen molar-refractivity contribution < 1.29 is 4.79 Å². The lowest BCUT2D eigenvalue weighted by Gasteiger charge is -2.13. The van der Waals surface area contributed by atoms with Crippen molar-refractivity contribution in [2.75, 3.05) is 13.1 Å². The first-order valence-corrected chi connectivity index (χ1v) is 6.00. The van der Waals surface area contributed by atoms with Crippen LogP contribution in [-0.4, -0.2) is 24.0 Å². The highest BCUT2D eigenvalue weighted by Crippen LogP contribution is 2.06. The Labute approximate surface area is 103 Å². The summed E-state index contributed by atoms with van der Waals surface area (Å²) in [5.74, 6) is 0.508. The van der Waals surface area contributed by atoms with Crippen LogP contribution in [0.25, 0.3) is 0 Å². The van der Waals surface area contributed by atoms with Crippen molar-refractivity contribution in [1.29, 1.82) is 0 Å². The number of hydrogen-bond donors (Lipinski definition) is 2. The lowest BCUT2D eigenvalue weighted by molar-refractivity contribution is -0.120. The highest BCUT2D eigenvalue weighted by molar-refractivity contribution is 5.78. The van der Waals surface area contributed by atoms with Gasteiger partial charge in [-0.2, -0.15) is 0 Å². The average Bonchev–Trinajstić information content (AvgIpc) is 2.34. The van der Waals surface area contributed by atoms with Gasteiger partial charge >= 0.3 is 0 Å². The van der Waals surface area contributed by atoms with Crippen molar-refractivity contribution in [2.45, 2.75) is 26.8 Å². The first-order chi connectivity index (χ1) is 8.09. The van der Waals surface area contributed by atoms with Gasteiger partial charge in [0.2, 0.25) is 5.91 Å². The molecule has 1 rings (SSSR count). The number of nitrogens with zero attached hydrogens (tertiary/aromatic N) is 1. The van der Waals surface area contributed by atoms with Crippen LogP contribution in [0.3, 0.4) is 0 Å². The standard InChI is InChI=1S/C13H21N3O/c1-10(2)8-16-13(17)9-15-11(3)12-6-4-5-7-14-12/h4-7,10-11,15H,8-9H2,1-3H3,(H,16,17)/t11-/m1/s1. The van der Waals surface area contributed by atoms with Crippen molar-refractivity contribution in [3.8, 4) is 0 Å². The molecule has 94 valence electrons. The normalized spacial score (nSPS) is 12.5. The van der Waals surface area contributed by atoms with Gasteiger partial charge in [-0.05, 0) is 25.0 Å². The minimum Gasteiger partial charge on any atom is -0.355 e. The van der Waals surface area contributed by atoms with Crippen LogP contribution in [0.5, 0.6) is 0 Å². The third-order valence-corrected chi connectivity index (χ3v) is 2.41. The van der Waals surface area contributed by atoms with E-state index in [4.69, 9.17) is 0 Å². The van der Waals surface area contributed by atoms with Crippen LogP contribution in [0.2, 0.25) is 0 Å². The third kappa shape index (κ3) is 5.45. The first kappa shape index (κ1) is 13.6. The van der Waals surface area contributed by atoms with Gasteiger partial charge in [0.15, 0.2) is 0 Å². The molecule has 0 aliphatic rings. The van der Waals surface area contributed by atoms with Gasteiger partial charge in [0, 0.05) is 18.8 Å². The molecular formula is C13H21N3O. The lowest BCUT2D eigenvalue weighted by Crippen LogP contribution is -2.36. The molecule has 0 aliphatic heterocycles. The van der Waals surface area contributed by atoms with Gasteiger partial charge in [0.1, 0.15) is 0 Å². The molecule has 1 aromatic rings. The predicted octanol–water partition coefficient (Wildman–Crippen LogP) is 1.50. The van der Waals surface area contributed by atoms with Crippen LogP contribution < -0.4 is 10.6 Å². The number of pyridine rings is 1. The molecule has 1 amide bonds. The molecule has 1 atom stereocenters. The van der Waals surface area contributed by atoms with E-state index in [1.807, 2.05) is 25.1 Å². The number of amides is 1. The van der Waals surface area contributed by atoms with E-state index in [1.54, 1.807) is 6.20 Å². The Balaban J connectivity index is 2.29. The molecule has 0 radical (unpaired) electrons. The first-order valence-electron chi connectivity index (χ1n) is 6.00. The van der Waals surface area contributed by atoms with E-state index in [9.17, 15) is 4.79 Å². The highest BCUT2D eigenvalue weighted by Gasteiger charge is 2.08. The zero-order chi connectivity index (χ0) is 12.7. The van der Waals surface area contributed by atoms with Gasteiger partial charge in [-0.3, -0.25) is 9.78 Å². The maximum Gasteiger partial charge on any atom is 0.233 e. The molecular weight excluding hydrogens is 214 g/mol. The van der Waals surface area contributed by atoms with Crippen molar-refractivity contribution in [2.24, 2.45) is 5.92 Å². The van der Waals surface area contributed by atoms with E-state index in [-0.39, 0.29) is 11.9 Å². The summed E-state index contributed by atoms with van der Waals surface area (Å²) in [6, 6.07) is 5.86. The second-order valence-corrected chi connectivity index (χ2v) is 4.56. The number of rotatable bonds is 6. The van der Waals surface area contributed by atoms with E-state index < -0.39 is 0 Å². The molecule has 2 N–H and O–H groups in total. The second kappa shape index (κ2) is 7.01. The van der Waals surface area contributed by atoms with E-state index in [1.165, 1.54) is 0 Å². The maximum absolute atomic E-state index is 11.5. The fourth-order valence-corrected chi connectivity index (χ4v) is 1.36. The van der Waals surface area contributed by atoms with Crippen LogP contribution in [0.4, 0.5) is 0 Å². The summed E-state index contributed by atoms with van der Waals surface area (Å²) in [6.45, 7) is 7.19. The van der Waals surface area contributed by atoms with E-state index in [2.05, 4.69) is 29.5 Å². The molecule has 0 aromatic carbocycles. The molecule has 0 spiro atoms. The molecule has 4 heteroatoms. The number of carbonyl (C=O) groups excluding carboxylic acids is 1. The Morgan fingerprint density at radius 1 is 1.35 bits per heavy atom. The summed E-state index contributed by atoms with van der Waals surface area (Å²) in [5, 5.41) is 6.01. The second-order valence-electron chi connectivity index (χ2n) is 4.56. The van der Waals surface area contributed by atoms with E-state index in [0.29, 0.717) is 12.5 Å². The largest absolute Gasteiger partial charge is 0.355 e. The Morgan fingerprint density at radius 3 is 2.71 bits per heavy atom. The fourth-order valence-electron chi connectivity index (χ4n) is 1.36. The number of carbonyl (C=O) groups is 1. The summed E-state index contributed by atoms with van der Waals surface area (Å²) in [7, 11) is 0. The summed E-state index contributed by atoms with van der Waals surface area (Å²) < 4.78 is 0. The number of aromatic nitrogens is 1. The van der Waals surface area contributed by atoms with Crippen molar-refractivity contribution in [1.82, 2.24) is 15.6 Å². The highest BCUT2D eigenvalue weighted by atomic mass is 16.1. The third-order valence-electron chi connectivity index (χ3n) is 2.41. The van der Waals surface area contributed by atoms with Crippen LogP contribution >= 0.6 is 0 Å². The van der Waals surface area contributed by atoms with Crippen molar-refractivity contribution in [3.05, 3.63) is 30.1 Å². The average molecular weight is 235 g/mol. The van der Waals surface area contributed by atoms with Crippen LogP contribution in [-0.2, 0) is 4.79 Å². The molecule has 17 heavy (non-hydrogen) atoms. The minimum absolute atomic E-state index is 0.0291. The number of hydrogen-bond acceptors (Lipinski definition) is 3. The predicted molar refractivity (Wildman–Crippen MR) is 68.5 cm³/mol. The van der Waals surface area contributed by atoms with E-state index in [0.717, 1.165) is 12.2 Å². The van der Waals surface area contributed by atoms with Gasteiger partial charge in [-0.15, -0.1) is 0 Å². The zero-order valence-electron chi connectivity index (χ0n) is 10.7. The van der Waals surface area contributed by atoms with E-state index >= 15 is 0 Å². The summed E-state index contributed by atoms with van der Waals surface area (Å²) in [6.07, 6.45) is 1.76. The Morgan fingerprint density at radius 2 is 2.12 bits per heavy atom. The lowest BCUT2D eigenvalue weighted by atomic mass is 10.2. The Kier molecular flexibility index (Phi) is 5.63. The molecule has 4 nitrogen and oxygen atoms in total. The molecule has 0 saturated heterocycles. The summed E-state index contributed by atoms with van der Waals surface area (Å²) >= 11 is 0. The Bertz CT molecular complexity index is 338. The molecule has 0 bridgehead atoms. The van der Waals surface area contributed by atoms with Crippen molar-refractivity contribution in [3.63, 3.8) is 0 Å². The molecule has 0 aliphatic carbocycles. The smallest absolute Gasteiger partial charge is 0.233 e. The quantitative estimate of drug-likeness (QED) is 0.785. The van der Waals surface area contributed by atoms with Crippen LogP contribution in [0, 0.1) is 5.92 Å². The van der Waals surface area contributed by atoms with Crippen LogP contribution in [0.1, 0.15) is 32.5 Å². The minimum atomic E-state index is 0.0291. The SMILES string of the molecule is CC(C)CNC(=O)CN[C@H](C)c1ccccn1. The molecule has 0 fully saturated rings. The monoisotopic (exact) mass is 235 g/mol. The maximum atomic E-state index is 11.5. The Hall–Kier alpha value is -1.42. The van der Waals surface area contributed by atoms with Gasteiger partial charge < -0.3 is 10.6 Å².